The molecular formula is C15H13N3OS. The molecule has 2 N–H and O–H groups in total. The molecule has 0 radical (unpaired) electrons. The number of hydrogen-bond donors (Lipinski definition) is 1. The Morgan fingerprint density at radius 1 is 1.25 bits per heavy atom. The van der Waals surface area contributed by atoms with Gasteiger partial charge in [0, 0.05) is 23.4 Å². The molecule has 0 saturated carbocycles. The van der Waals surface area contributed by atoms with Crippen molar-refractivity contribution in [2.75, 3.05) is 6.54 Å². The quantitative estimate of drug-likeness (QED) is 0.747. The van der Waals surface area contributed by atoms with Gasteiger partial charge in [0.05, 0.1) is 16.1 Å². The van der Waals surface area contributed by atoms with Crippen molar-refractivity contribution in [2.24, 2.45) is 5.73 Å². The van der Waals surface area contributed by atoms with Crippen LogP contribution in [0.1, 0.15) is 21.1 Å². The first-order valence-corrected chi connectivity index (χ1v) is 7.20. The smallest absolute Gasteiger partial charge is 0.214 e. The van der Waals surface area contributed by atoms with E-state index in [4.69, 9.17) is 5.73 Å². The Labute approximate surface area is 120 Å². The number of nitrogens with zero attached hydrogens (tertiary/aromatic N) is 2. The third-order valence-electron chi connectivity index (χ3n) is 3.02. The van der Waals surface area contributed by atoms with Gasteiger partial charge in [0.2, 0.25) is 5.78 Å². The molecule has 0 amide bonds. The van der Waals surface area contributed by atoms with Crippen LogP contribution in [0.2, 0.25) is 0 Å². The SMILES string of the molecule is NCCc1nc(C(=O)c2cccc3cccnc23)cs1. The monoisotopic (exact) mass is 283 g/mol. The van der Waals surface area contributed by atoms with Crippen molar-refractivity contribution in [3.8, 4) is 0 Å². The van der Waals surface area contributed by atoms with Crippen LogP contribution < -0.4 is 5.73 Å². The molecule has 100 valence electrons. The number of carbonyl (C=O) groups is 1. The molecule has 0 aliphatic heterocycles. The van der Waals surface area contributed by atoms with Crippen LogP contribution in [0.15, 0.2) is 41.9 Å². The lowest BCUT2D eigenvalue weighted by Crippen LogP contribution is -2.05. The summed E-state index contributed by atoms with van der Waals surface area (Å²) in [6.07, 6.45) is 2.39. The molecule has 5 heteroatoms. The van der Waals surface area contributed by atoms with Gasteiger partial charge in [-0.2, -0.15) is 0 Å². The maximum absolute atomic E-state index is 12.6. The second-order valence-electron chi connectivity index (χ2n) is 4.37. The number of hydrogen-bond acceptors (Lipinski definition) is 5. The minimum absolute atomic E-state index is 0.0891. The number of thiazole rings is 1. The summed E-state index contributed by atoms with van der Waals surface area (Å²) >= 11 is 1.47. The van der Waals surface area contributed by atoms with Gasteiger partial charge in [-0.3, -0.25) is 9.78 Å². The van der Waals surface area contributed by atoms with E-state index in [1.54, 1.807) is 17.6 Å². The number of para-hydroxylation sites is 1. The first-order chi connectivity index (χ1) is 9.79. The summed E-state index contributed by atoms with van der Waals surface area (Å²) in [5.41, 5.74) is 7.28. The largest absolute Gasteiger partial charge is 0.330 e. The number of nitrogens with two attached hydrogens (primary N) is 1. The molecule has 3 rings (SSSR count). The average molecular weight is 283 g/mol. The van der Waals surface area contributed by atoms with E-state index in [9.17, 15) is 4.79 Å². The molecule has 20 heavy (non-hydrogen) atoms. The molecule has 0 bridgehead atoms. The summed E-state index contributed by atoms with van der Waals surface area (Å²) in [6, 6.07) is 9.41. The number of rotatable bonds is 4. The van der Waals surface area contributed by atoms with Crippen molar-refractivity contribution in [3.05, 3.63) is 58.2 Å². The van der Waals surface area contributed by atoms with Crippen molar-refractivity contribution in [3.63, 3.8) is 0 Å². The van der Waals surface area contributed by atoms with Crippen molar-refractivity contribution in [1.82, 2.24) is 9.97 Å². The van der Waals surface area contributed by atoms with Crippen LogP contribution in [-0.2, 0) is 6.42 Å². The average Bonchev–Trinajstić information content (AvgIpc) is 2.95. The van der Waals surface area contributed by atoms with Crippen LogP contribution in [0.4, 0.5) is 0 Å². The van der Waals surface area contributed by atoms with Gasteiger partial charge in [-0.15, -0.1) is 11.3 Å². The molecule has 1 aromatic carbocycles. The Morgan fingerprint density at radius 3 is 2.95 bits per heavy atom. The lowest BCUT2D eigenvalue weighted by Gasteiger charge is -2.02. The number of ketones is 1. The Hall–Kier alpha value is -2.11. The zero-order valence-electron chi connectivity index (χ0n) is 10.7. The fourth-order valence-electron chi connectivity index (χ4n) is 2.08. The van der Waals surface area contributed by atoms with Crippen LogP contribution in [0.3, 0.4) is 0 Å². The van der Waals surface area contributed by atoms with Crippen LogP contribution in [-0.4, -0.2) is 22.3 Å². The molecule has 0 saturated heterocycles. The zero-order valence-corrected chi connectivity index (χ0v) is 11.6. The van der Waals surface area contributed by atoms with E-state index in [1.165, 1.54) is 11.3 Å². The molecule has 4 nitrogen and oxygen atoms in total. The summed E-state index contributed by atoms with van der Waals surface area (Å²) < 4.78 is 0. The van der Waals surface area contributed by atoms with Gasteiger partial charge in [-0.25, -0.2) is 4.98 Å². The summed E-state index contributed by atoms with van der Waals surface area (Å²) in [5.74, 6) is -0.0891. The second-order valence-corrected chi connectivity index (χ2v) is 5.32. The minimum atomic E-state index is -0.0891. The maximum atomic E-state index is 12.6. The summed E-state index contributed by atoms with van der Waals surface area (Å²) in [6.45, 7) is 0.539. The number of pyridine rings is 1. The van der Waals surface area contributed by atoms with Gasteiger partial charge >= 0.3 is 0 Å². The summed E-state index contributed by atoms with van der Waals surface area (Å²) in [4.78, 5) is 21.2. The van der Waals surface area contributed by atoms with Crippen LogP contribution >= 0.6 is 11.3 Å². The molecule has 0 aliphatic carbocycles. The van der Waals surface area contributed by atoms with E-state index >= 15 is 0 Å². The number of benzene rings is 1. The predicted octanol–water partition coefficient (Wildman–Crippen LogP) is 2.42. The molecule has 0 fully saturated rings. The zero-order chi connectivity index (χ0) is 13.9. The fourth-order valence-corrected chi connectivity index (χ4v) is 2.87. The van der Waals surface area contributed by atoms with Gasteiger partial charge in [0.1, 0.15) is 5.69 Å². The van der Waals surface area contributed by atoms with Crippen LogP contribution in [0, 0.1) is 0 Å². The lowest BCUT2D eigenvalue weighted by atomic mass is 10.0. The van der Waals surface area contributed by atoms with E-state index in [-0.39, 0.29) is 5.78 Å². The van der Waals surface area contributed by atoms with Gasteiger partial charge in [-0.1, -0.05) is 18.2 Å². The van der Waals surface area contributed by atoms with E-state index in [0.717, 1.165) is 10.4 Å². The highest BCUT2D eigenvalue weighted by atomic mass is 32.1. The molecule has 0 unspecified atom stereocenters. The highest BCUT2D eigenvalue weighted by Crippen LogP contribution is 2.20. The predicted molar refractivity (Wildman–Crippen MR) is 80.0 cm³/mol. The topological polar surface area (TPSA) is 68.9 Å². The molecule has 2 heterocycles. The standard InChI is InChI=1S/C15H13N3OS/c16-7-6-13-18-12(9-20-13)15(19)11-5-1-3-10-4-2-8-17-14(10)11/h1-5,8-9H,6-7,16H2. The van der Waals surface area contributed by atoms with Gasteiger partial charge in [0.25, 0.3) is 0 Å². The van der Waals surface area contributed by atoms with Crippen LogP contribution in [0.25, 0.3) is 10.9 Å². The molecular weight excluding hydrogens is 270 g/mol. The first kappa shape index (κ1) is 12.9. The van der Waals surface area contributed by atoms with E-state index < -0.39 is 0 Å². The number of fused-ring (bicyclic) bond motifs is 1. The normalized spacial score (nSPS) is 10.8. The van der Waals surface area contributed by atoms with Crippen molar-refractivity contribution in [2.45, 2.75) is 6.42 Å². The molecule has 0 atom stereocenters. The highest BCUT2D eigenvalue weighted by Gasteiger charge is 2.16. The lowest BCUT2D eigenvalue weighted by molar-refractivity contribution is 0.103. The maximum Gasteiger partial charge on any atom is 0.214 e. The van der Waals surface area contributed by atoms with Gasteiger partial charge < -0.3 is 5.73 Å². The first-order valence-electron chi connectivity index (χ1n) is 6.32. The Bertz CT molecular complexity index is 761. The Kier molecular flexibility index (Phi) is 3.54. The molecule has 0 aliphatic rings. The summed E-state index contributed by atoms with van der Waals surface area (Å²) in [5, 5.41) is 3.63. The summed E-state index contributed by atoms with van der Waals surface area (Å²) in [7, 11) is 0. The van der Waals surface area contributed by atoms with E-state index in [1.807, 2.05) is 24.3 Å². The van der Waals surface area contributed by atoms with Crippen LogP contribution in [0.5, 0.6) is 0 Å². The van der Waals surface area contributed by atoms with E-state index in [0.29, 0.717) is 29.7 Å². The number of carbonyl (C=O) groups excluding carboxylic acids is 1. The molecule has 3 aromatic rings. The van der Waals surface area contributed by atoms with Crippen molar-refractivity contribution < 1.29 is 4.79 Å². The third kappa shape index (κ3) is 2.33. The Balaban J connectivity index is 2.03. The van der Waals surface area contributed by atoms with Gasteiger partial charge in [0.15, 0.2) is 0 Å². The van der Waals surface area contributed by atoms with Crippen molar-refractivity contribution >= 4 is 28.0 Å². The Morgan fingerprint density at radius 2 is 2.10 bits per heavy atom. The van der Waals surface area contributed by atoms with Crippen molar-refractivity contribution in [1.29, 1.82) is 0 Å². The second kappa shape index (κ2) is 5.48. The number of aromatic nitrogens is 2. The molecule has 2 aromatic heterocycles. The highest BCUT2D eigenvalue weighted by molar-refractivity contribution is 7.09. The molecule has 0 spiro atoms. The fraction of sp³-hybridized carbons (Fsp3) is 0.133. The van der Waals surface area contributed by atoms with E-state index in [2.05, 4.69) is 9.97 Å². The minimum Gasteiger partial charge on any atom is -0.330 e. The van der Waals surface area contributed by atoms with Gasteiger partial charge in [-0.05, 0) is 18.7 Å². The third-order valence-corrected chi connectivity index (χ3v) is 3.93.